The van der Waals surface area contributed by atoms with Gasteiger partial charge in [0.05, 0.1) is 0 Å². The minimum atomic E-state index is -0.375. The van der Waals surface area contributed by atoms with Crippen molar-refractivity contribution in [2.24, 2.45) is 0 Å². The number of hydrogen-bond acceptors (Lipinski definition) is 1. The van der Waals surface area contributed by atoms with Gasteiger partial charge in [-0.2, -0.15) is 0 Å². The van der Waals surface area contributed by atoms with Crippen molar-refractivity contribution in [2.75, 3.05) is 0 Å². The first kappa shape index (κ1) is 9.11. The molecule has 0 unspecified atom stereocenters. The van der Waals surface area contributed by atoms with Crippen LogP contribution in [-0.4, -0.2) is 6.29 Å². The van der Waals surface area contributed by atoms with Crippen molar-refractivity contribution in [3.05, 3.63) is 35.6 Å². The smallest absolute Gasteiger partial charge is 0.150 e. The molecule has 54 valence electrons. The molecule has 0 saturated carbocycles. The van der Waals surface area contributed by atoms with Gasteiger partial charge in [-0.15, -0.1) is 12.4 Å². The molecule has 0 N–H and O–H groups in total. The van der Waals surface area contributed by atoms with E-state index in [-0.39, 0.29) is 18.2 Å². The van der Waals surface area contributed by atoms with Gasteiger partial charge in [-0.1, -0.05) is 12.1 Å². The summed E-state index contributed by atoms with van der Waals surface area (Å²) >= 11 is 0. The Bertz CT molecular complexity index is 225. The summed E-state index contributed by atoms with van der Waals surface area (Å²) in [5.41, 5.74) is 0.370. The Labute approximate surface area is 64.3 Å². The highest BCUT2D eigenvalue weighted by molar-refractivity contribution is 5.85. The van der Waals surface area contributed by atoms with Crippen LogP contribution in [-0.2, 0) is 0 Å². The number of carbonyl (C=O) groups is 1. The van der Waals surface area contributed by atoms with Crippen molar-refractivity contribution in [3.63, 3.8) is 0 Å². The minimum Gasteiger partial charge on any atom is -0.298 e. The topological polar surface area (TPSA) is 17.1 Å². The molecule has 1 rings (SSSR count). The molecule has 0 bridgehead atoms. The Morgan fingerprint density at radius 2 is 2.10 bits per heavy atom. The predicted octanol–water partition coefficient (Wildman–Crippen LogP) is 2.06. The first-order valence-corrected chi connectivity index (χ1v) is 2.53. The molecule has 10 heavy (non-hydrogen) atoms. The van der Waals surface area contributed by atoms with E-state index in [2.05, 4.69) is 0 Å². The fraction of sp³-hybridized carbons (Fsp3) is 0. The van der Waals surface area contributed by atoms with Crippen LogP contribution in [0.25, 0.3) is 0 Å². The molecule has 1 nitrogen and oxygen atoms in total. The molecular formula is C7H6ClFO. The Morgan fingerprint density at radius 3 is 2.50 bits per heavy atom. The predicted molar refractivity (Wildman–Crippen MR) is 39.0 cm³/mol. The van der Waals surface area contributed by atoms with Crippen LogP contribution < -0.4 is 0 Å². The summed E-state index contributed by atoms with van der Waals surface area (Å²) in [4.78, 5) is 9.99. The van der Waals surface area contributed by atoms with Gasteiger partial charge in [0.1, 0.15) is 12.1 Å². The number of hydrogen-bond donors (Lipinski definition) is 0. The van der Waals surface area contributed by atoms with Crippen LogP contribution in [0.2, 0.25) is 0 Å². The average molecular weight is 161 g/mol. The molecule has 0 heterocycles. The van der Waals surface area contributed by atoms with Gasteiger partial charge in [-0.05, 0) is 12.1 Å². The molecule has 0 saturated heterocycles. The Balaban J connectivity index is 0.000000810. The first-order valence-electron chi connectivity index (χ1n) is 2.53. The van der Waals surface area contributed by atoms with Gasteiger partial charge in [0.15, 0.2) is 0 Å². The molecule has 0 spiro atoms. The SMILES string of the molecule is Cl.O=Cc1cccc(F)c1. The second-order valence-electron chi connectivity index (χ2n) is 1.67. The van der Waals surface area contributed by atoms with Crippen LogP contribution in [0.1, 0.15) is 10.4 Å². The molecule has 0 aliphatic rings. The molecule has 3 heteroatoms. The van der Waals surface area contributed by atoms with Gasteiger partial charge in [-0.3, -0.25) is 4.79 Å². The van der Waals surface area contributed by atoms with E-state index in [0.29, 0.717) is 11.8 Å². The lowest BCUT2D eigenvalue weighted by molar-refractivity contribution is 0.112. The zero-order chi connectivity index (χ0) is 6.69. The molecule has 0 radical (unpaired) electrons. The monoisotopic (exact) mass is 160 g/mol. The van der Waals surface area contributed by atoms with Crippen LogP contribution in [0.15, 0.2) is 24.3 Å². The van der Waals surface area contributed by atoms with E-state index in [1.54, 1.807) is 6.07 Å². The zero-order valence-corrected chi connectivity index (χ0v) is 5.90. The second kappa shape index (κ2) is 4.01. The maximum Gasteiger partial charge on any atom is 0.150 e. The minimum absolute atomic E-state index is 0. The fourth-order valence-corrected chi connectivity index (χ4v) is 0.580. The van der Waals surface area contributed by atoms with E-state index in [4.69, 9.17) is 0 Å². The quantitative estimate of drug-likeness (QED) is 0.575. The largest absolute Gasteiger partial charge is 0.298 e. The van der Waals surface area contributed by atoms with Crippen LogP contribution in [0.4, 0.5) is 4.39 Å². The van der Waals surface area contributed by atoms with Crippen molar-refractivity contribution in [2.45, 2.75) is 0 Å². The van der Waals surface area contributed by atoms with Crippen molar-refractivity contribution < 1.29 is 9.18 Å². The second-order valence-corrected chi connectivity index (χ2v) is 1.67. The van der Waals surface area contributed by atoms with E-state index in [1.165, 1.54) is 18.2 Å². The van der Waals surface area contributed by atoms with Gasteiger partial charge >= 0.3 is 0 Å². The highest BCUT2D eigenvalue weighted by Crippen LogP contribution is 1.99. The van der Waals surface area contributed by atoms with Gasteiger partial charge in [0.25, 0.3) is 0 Å². The van der Waals surface area contributed by atoms with Crippen molar-refractivity contribution in [1.82, 2.24) is 0 Å². The third-order valence-corrected chi connectivity index (χ3v) is 0.985. The summed E-state index contributed by atoms with van der Waals surface area (Å²) in [6.45, 7) is 0. The maximum atomic E-state index is 12.2. The Kier molecular flexibility index (Phi) is 3.65. The molecule has 0 aliphatic heterocycles. The first-order chi connectivity index (χ1) is 4.33. The maximum absolute atomic E-state index is 12.2. The third kappa shape index (κ3) is 2.15. The lowest BCUT2D eigenvalue weighted by Crippen LogP contribution is -1.79. The number of carbonyl (C=O) groups excluding carboxylic acids is 1. The molecule has 0 amide bonds. The van der Waals surface area contributed by atoms with Crippen LogP contribution in [0.5, 0.6) is 0 Å². The van der Waals surface area contributed by atoms with Crippen LogP contribution in [0.3, 0.4) is 0 Å². The van der Waals surface area contributed by atoms with Crippen molar-refractivity contribution >= 4 is 18.7 Å². The van der Waals surface area contributed by atoms with Crippen LogP contribution in [0, 0.1) is 5.82 Å². The summed E-state index contributed by atoms with van der Waals surface area (Å²) in [5, 5.41) is 0. The summed E-state index contributed by atoms with van der Waals surface area (Å²) in [6, 6.07) is 5.54. The Hall–Kier alpha value is -0.890. The summed E-state index contributed by atoms with van der Waals surface area (Å²) in [6.07, 6.45) is 0.614. The summed E-state index contributed by atoms with van der Waals surface area (Å²) < 4.78 is 12.2. The molecule has 0 atom stereocenters. The zero-order valence-electron chi connectivity index (χ0n) is 5.08. The fourth-order valence-electron chi connectivity index (χ4n) is 0.580. The number of halogens is 2. The summed E-state index contributed by atoms with van der Waals surface area (Å²) in [7, 11) is 0. The molecule has 1 aromatic rings. The van der Waals surface area contributed by atoms with E-state index in [0.717, 1.165) is 0 Å². The standard InChI is InChI=1S/C7H5FO.ClH/c8-7-3-1-2-6(4-7)5-9;/h1-5H;1H. The van der Waals surface area contributed by atoms with E-state index < -0.39 is 0 Å². The molecule has 0 aromatic heterocycles. The normalized spacial score (nSPS) is 8.10. The van der Waals surface area contributed by atoms with Crippen molar-refractivity contribution in [1.29, 1.82) is 0 Å². The van der Waals surface area contributed by atoms with E-state index in [9.17, 15) is 9.18 Å². The molecule has 0 fully saturated rings. The average Bonchev–Trinajstić information content (AvgIpc) is 1.88. The lowest BCUT2D eigenvalue weighted by Gasteiger charge is -1.86. The van der Waals surface area contributed by atoms with Gasteiger partial charge < -0.3 is 0 Å². The van der Waals surface area contributed by atoms with Crippen LogP contribution >= 0.6 is 12.4 Å². The van der Waals surface area contributed by atoms with Gasteiger partial charge in [-0.25, -0.2) is 4.39 Å². The molecule has 0 aliphatic carbocycles. The number of aldehydes is 1. The Morgan fingerprint density at radius 1 is 1.40 bits per heavy atom. The number of benzene rings is 1. The van der Waals surface area contributed by atoms with Crippen molar-refractivity contribution in [3.8, 4) is 0 Å². The highest BCUT2D eigenvalue weighted by atomic mass is 35.5. The van der Waals surface area contributed by atoms with E-state index in [1.807, 2.05) is 0 Å². The van der Waals surface area contributed by atoms with Gasteiger partial charge in [0, 0.05) is 5.56 Å². The molecular weight excluding hydrogens is 155 g/mol. The third-order valence-electron chi connectivity index (χ3n) is 0.985. The molecule has 1 aromatic carbocycles. The number of rotatable bonds is 1. The van der Waals surface area contributed by atoms with Gasteiger partial charge in [0.2, 0.25) is 0 Å². The van der Waals surface area contributed by atoms with E-state index >= 15 is 0 Å². The lowest BCUT2D eigenvalue weighted by atomic mass is 10.2. The highest BCUT2D eigenvalue weighted by Gasteiger charge is 1.89. The summed E-state index contributed by atoms with van der Waals surface area (Å²) in [5.74, 6) is -0.375.